The molecule has 0 aliphatic heterocycles. The zero-order valence-electron chi connectivity index (χ0n) is 5.77. The first-order valence-corrected chi connectivity index (χ1v) is 3.58. The van der Waals surface area contributed by atoms with Gasteiger partial charge in [0.15, 0.2) is 0 Å². The third kappa shape index (κ3) is 2.09. The summed E-state index contributed by atoms with van der Waals surface area (Å²) in [5.74, 6) is 0.122. The van der Waals surface area contributed by atoms with Crippen LogP contribution in [0.15, 0.2) is 24.3 Å². The van der Waals surface area contributed by atoms with Crippen LogP contribution in [-0.2, 0) is 0 Å². The lowest BCUT2D eigenvalue weighted by atomic mass is 10.3. The number of nitro groups is 1. The molecule has 1 rings (SSSR count). The second-order valence-electron chi connectivity index (χ2n) is 1.90. The van der Waals surface area contributed by atoms with Gasteiger partial charge in [-0.15, -0.1) is 3.89 Å². The molecule has 0 spiro atoms. The molecule has 0 saturated carbocycles. The second kappa shape index (κ2) is 3.91. The molecule has 0 heterocycles. The molecule has 0 unspecified atom stereocenters. The van der Waals surface area contributed by atoms with Gasteiger partial charge < -0.3 is 4.18 Å². The monoisotopic (exact) mass is 189 g/mol. The predicted molar refractivity (Wildman–Crippen MR) is 42.4 cm³/mol. The molecule has 0 aromatic heterocycles. The largest absolute Gasteiger partial charge is 0.397 e. The molecule has 0 bridgehead atoms. The number of rotatable bonds is 3. The van der Waals surface area contributed by atoms with E-state index in [-0.39, 0.29) is 23.9 Å². The summed E-state index contributed by atoms with van der Waals surface area (Å²) in [6, 6.07) is 5.30. The third-order valence-electron chi connectivity index (χ3n) is 1.16. The van der Waals surface area contributed by atoms with Crippen LogP contribution >= 0.6 is 12.4 Å². The lowest BCUT2D eigenvalue weighted by Crippen LogP contribution is -1.87. The maximum Gasteiger partial charge on any atom is 0.273 e. The Balaban J connectivity index is 2.88. The highest BCUT2D eigenvalue weighted by molar-refractivity contribution is 7.89. The molecule has 6 heteroatoms. The third-order valence-corrected chi connectivity index (χ3v) is 1.41. The van der Waals surface area contributed by atoms with Gasteiger partial charge in [-0.2, -0.15) is 0 Å². The van der Waals surface area contributed by atoms with Crippen LogP contribution in [0.3, 0.4) is 0 Å². The summed E-state index contributed by atoms with van der Waals surface area (Å²) in [4.78, 5) is 9.63. The minimum Gasteiger partial charge on any atom is -0.397 e. The molecule has 0 fully saturated rings. The lowest BCUT2D eigenvalue weighted by Gasteiger charge is -1.96. The Morgan fingerprint density at radius 3 is 2.92 bits per heavy atom. The van der Waals surface area contributed by atoms with E-state index >= 15 is 0 Å². The first-order chi connectivity index (χ1) is 5.74. The Morgan fingerprint density at radius 1 is 1.58 bits per heavy atom. The van der Waals surface area contributed by atoms with Crippen molar-refractivity contribution in [2.75, 3.05) is 0 Å². The summed E-state index contributed by atoms with van der Waals surface area (Å²) in [6.45, 7) is 0. The van der Waals surface area contributed by atoms with Gasteiger partial charge >= 0.3 is 0 Å². The van der Waals surface area contributed by atoms with Crippen LogP contribution in [0.2, 0.25) is 0 Å². The van der Waals surface area contributed by atoms with Gasteiger partial charge in [-0.1, -0.05) is 6.07 Å². The smallest absolute Gasteiger partial charge is 0.273 e. The van der Waals surface area contributed by atoms with Crippen molar-refractivity contribution in [2.45, 2.75) is 0 Å². The normalized spacial score (nSPS) is 9.42. The summed E-state index contributed by atoms with van der Waals surface area (Å²) >= 11 is -0.347. The van der Waals surface area contributed by atoms with Gasteiger partial charge in [0.25, 0.3) is 18.1 Å². The Morgan fingerprint density at radius 2 is 2.33 bits per heavy atom. The average molecular weight is 189 g/mol. The Labute approximate surface area is 72.0 Å². The van der Waals surface area contributed by atoms with E-state index in [4.69, 9.17) is 0 Å². The summed E-state index contributed by atoms with van der Waals surface area (Å²) in [7, 11) is 0. The quantitative estimate of drug-likeness (QED) is 0.416. The minimum atomic E-state index is -0.574. The summed E-state index contributed by atoms with van der Waals surface area (Å²) in [6.07, 6.45) is 0. The number of hydrogen-bond acceptors (Lipinski definition) is 4. The van der Waals surface area contributed by atoms with E-state index in [9.17, 15) is 14.0 Å². The SMILES string of the molecule is O=[N+]([O-])c1cccc(OSF)c1. The predicted octanol–water partition coefficient (Wildman–Crippen LogP) is 2.51. The fraction of sp³-hybridized carbons (Fsp3) is 0. The van der Waals surface area contributed by atoms with Gasteiger partial charge in [0, 0.05) is 6.07 Å². The molecular formula is C6H4FNO3S. The van der Waals surface area contributed by atoms with E-state index in [0.717, 1.165) is 6.07 Å². The molecule has 1 aromatic rings. The topological polar surface area (TPSA) is 52.4 Å². The molecule has 1 aromatic carbocycles. The van der Waals surface area contributed by atoms with Gasteiger partial charge in [0.2, 0.25) is 0 Å². The van der Waals surface area contributed by atoms with E-state index < -0.39 is 4.92 Å². The van der Waals surface area contributed by atoms with Gasteiger partial charge in [0.1, 0.15) is 5.75 Å². The molecule has 0 aliphatic carbocycles. The fourth-order valence-corrected chi connectivity index (χ4v) is 0.862. The van der Waals surface area contributed by atoms with E-state index in [1.807, 2.05) is 0 Å². The molecule has 0 radical (unpaired) electrons. The maximum atomic E-state index is 11.5. The van der Waals surface area contributed by atoms with Crippen LogP contribution in [0.1, 0.15) is 0 Å². The van der Waals surface area contributed by atoms with E-state index in [0.29, 0.717) is 0 Å². The van der Waals surface area contributed by atoms with Crippen molar-refractivity contribution in [3.8, 4) is 5.75 Å². The minimum absolute atomic E-state index is 0.122. The van der Waals surface area contributed by atoms with Crippen molar-refractivity contribution in [1.82, 2.24) is 0 Å². The maximum absolute atomic E-state index is 11.5. The van der Waals surface area contributed by atoms with Crippen LogP contribution in [0.25, 0.3) is 0 Å². The van der Waals surface area contributed by atoms with Crippen molar-refractivity contribution in [3.05, 3.63) is 34.4 Å². The highest BCUT2D eigenvalue weighted by Crippen LogP contribution is 2.22. The molecule has 0 aliphatic rings. The summed E-state index contributed by atoms with van der Waals surface area (Å²) in [5, 5.41) is 10.2. The standard InChI is InChI=1S/C6H4FNO3S/c7-12-11-6-3-1-2-5(4-6)8(9)10/h1-4H. The van der Waals surface area contributed by atoms with Crippen LogP contribution in [0, 0.1) is 10.1 Å². The first-order valence-electron chi connectivity index (χ1n) is 2.94. The Kier molecular flexibility index (Phi) is 2.87. The zero-order valence-corrected chi connectivity index (χ0v) is 6.58. The zero-order chi connectivity index (χ0) is 8.97. The Hall–Kier alpha value is -1.30. The fourth-order valence-electron chi connectivity index (χ4n) is 0.685. The highest BCUT2D eigenvalue weighted by Gasteiger charge is 2.05. The summed E-state index contributed by atoms with van der Waals surface area (Å²) in [5.41, 5.74) is -0.124. The number of hydrogen-bond donors (Lipinski definition) is 0. The summed E-state index contributed by atoms with van der Waals surface area (Å²) < 4.78 is 15.9. The van der Waals surface area contributed by atoms with Gasteiger partial charge in [-0.25, -0.2) is 0 Å². The van der Waals surface area contributed by atoms with Crippen LogP contribution in [0.4, 0.5) is 9.57 Å². The van der Waals surface area contributed by atoms with Crippen LogP contribution < -0.4 is 4.18 Å². The van der Waals surface area contributed by atoms with Crippen molar-refractivity contribution in [3.63, 3.8) is 0 Å². The number of nitro benzene ring substituents is 1. The molecule has 0 atom stereocenters. The molecule has 0 N–H and O–H groups in total. The average Bonchev–Trinajstić information content (AvgIpc) is 2.05. The van der Waals surface area contributed by atoms with E-state index in [1.54, 1.807) is 0 Å². The molecule has 0 amide bonds. The van der Waals surface area contributed by atoms with Crippen molar-refractivity contribution in [1.29, 1.82) is 0 Å². The molecule has 12 heavy (non-hydrogen) atoms. The van der Waals surface area contributed by atoms with Crippen molar-refractivity contribution in [2.24, 2.45) is 0 Å². The van der Waals surface area contributed by atoms with Crippen LogP contribution in [0.5, 0.6) is 5.75 Å². The number of halogens is 1. The Bertz CT molecular complexity index is 294. The van der Waals surface area contributed by atoms with E-state index in [2.05, 4.69) is 4.18 Å². The van der Waals surface area contributed by atoms with E-state index in [1.165, 1.54) is 18.2 Å². The molecular weight excluding hydrogens is 185 g/mol. The number of nitrogens with zero attached hydrogens (tertiary/aromatic N) is 1. The van der Waals surface area contributed by atoms with Gasteiger partial charge in [-0.3, -0.25) is 10.1 Å². The lowest BCUT2D eigenvalue weighted by molar-refractivity contribution is -0.384. The molecule has 64 valence electrons. The molecule has 4 nitrogen and oxygen atoms in total. The molecule has 0 saturated heterocycles. The van der Waals surface area contributed by atoms with Crippen molar-refractivity contribution >= 4 is 18.1 Å². The number of non-ortho nitro benzene ring substituents is 1. The highest BCUT2D eigenvalue weighted by atomic mass is 32.2. The van der Waals surface area contributed by atoms with Crippen LogP contribution in [-0.4, -0.2) is 4.92 Å². The van der Waals surface area contributed by atoms with Gasteiger partial charge in [0.05, 0.1) is 11.0 Å². The first kappa shape index (κ1) is 8.79. The second-order valence-corrected chi connectivity index (χ2v) is 2.19. The number of benzene rings is 1. The van der Waals surface area contributed by atoms with Crippen molar-refractivity contribution < 1.29 is 13.0 Å². The van der Waals surface area contributed by atoms with Gasteiger partial charge in [-0.05, 0) is 6.07 Å².